The standard InChI is InChI=1S/C27H33OS/c1-16-10-19(4)25(20(5)11-16)29(28,26-21(6)12-17(2)13-22(26)7)27-23(8)14-18(3)15-24(27)9/h10-15H,1-9H3/q+1. The normalized spacial score (nSPS) is 11.8. The SMILES string of the molecule is Cc1cc(C)c([S+](=O)(c2c(C)cc(C)cc2C)c2c(C)cc(C)cc2C)c(C)c1. The molecule has 2 heteroatoms. The molecule has 0 saturated carbocycles. The lowest BCUT2D eigenvalue weighted by Crippen LogP contribution is -2.21. The Morgan fingerprint density at radius 3 is 0.759 bits per heavy atom. The first-order valence-electron chi connectivity index (χ1n) is 10.2. The van der Waals surface area contributed by atoms with E-state index < -0.39 is 9.93 Å². The summed E-state index contributed by atoms with van der Waals surface area (Å²) in [5.41, 5.74) is 10.2. The molecule has 3 rings (SSSR count). The summed E-state index contributed by atoms with van der Waals surface area (Å²) in [6.45, 7) is 18.9. The molecule has 0 radical (unpaired) electrons. The molecule has 0 N–H and O–H groups in total. The van der Waals surface area contributed by atoms with Gasteiger partial charge in [0.25, 0.3) is 0 Å². The van der Waals surface area contributed by atoms with Crippen LogP contribution in [-0.2, 0) is 14.1 Å². The van der Waals surface area contributed by atoms with Gasteiger partial charge in [0.1, 0.15) is 0 Å². The van der Waals surface area contributed by atoms with E-state index in [0.29, 0.717) is 0 Å². The molecule has 0 unspecified atom stereocenters. The van der Waals surface area contributed by atoms with Gasteiger partial charge in [-0.3, -0.25) is 0 Å². The number of benzene rings is 3. The van der Waals surface area contributed by atoms with E-state index in [1.165, 1.54) is 16.7 Å². The molecule has 29 heavy (non-hydrogen) atoms. The van der Waals surface area contributed by atoms with Crippen molar-refractivity contribution in [2.24, 2.45) is 0 Å². The maximum Gasteiger partial charge on any atom is 0.183 e. The molecule has 0 heterocycles. The van der Waals surface area contributed by atoms with Gasteiger partial charge in [0.15, 0.2) is 24.6 Å². The third kappa shape index (κ3) is 3.59. The zero-order valence-corrected chi connectivity index (χ0v) is 20.1. The summed E-state index contributed by atoms with van der Waals surface area (Å²) >= 11 is 0. The van der Waals surface area contributed by atoms with E-state index in [2.05, 4.69) is 98.7 Å². The van der Waals surface area contributed by atoms with Crippen molar-refractivity contribution in [3.63, 3.8) is 0 Å². The Labute approximate surface area is 177 Å². The average molecular weight is 406 g/mol. The van der Waals surface area contributed by atoms with E-state index in [1.807, 2.05) is 0 Å². The molecule has 0 atom stereocenters. The highest BCUT2D eigenvalue weighted by Gasteiger charge is 2.45. The van der Waals surface area contributed by atoms with Crippen LogP contribution in [-0.4, -0.2) is 0 Å². The lowest BCUT2D eigenvalue weighted by Gasteiger charge is -2.23. The van der Waals surface area contributed by atoms with Crippen molar-refractivity contribution < 1.29 is 4.21 Å². The van der Waals surface area contributed by atoms with E-state index in [4.69, 9.17) is 0 Å². The summed E-state index contributed by atoms with van der Waals surface area (Å²) in [7, 11) is -2.66. The molecule has 152 valence electrons. The lowest BCUT2D eigenvalue weighted by molar-refractivity contribution is 0.581. The Kier molecular flexibility index (Phi) is 5.62. The lowest BCUT2D eigenvalue weighted by atomic mass is 10.1. The maximum atomic E-state index is 15.4. The van der Waals surface area contributed by atoms with Crippen molar-refractivity contribution in [3.8, 4) is 0 Å². The highest BCUT2D eigenvalue weighted by Crippen LogP contribution is 2.46. The van der Waals surface area contributed by atoms with Crippen LogP contribution in [0.15, 0.2) is 51.1 Å². The summed E-state index contributed by atoms with van der Waals surface area (Å²) in [6, 6.07) is 13.0. The minimum absolute atomic E-state index is 0.980. The number of hydrogen-bond acceptors (Lipinski definition) is 1. The third-order valence-corrected chi connectivity index (χ3v) is 9.33. The first-order chi connectivity index (χ1) is 13.5. The molecule has 0 fully saturated rings. The summed E-state index contributed by atoms with van der Waals surface area (Å²) in [4.78, 5) is 2.94. The average Bonchev–Trinajstić information content (AvgIpc) is 2.51. The fraction of sp³-hybridized carbons (Fsp3) is 0.333. The second-order valence-electron chi connectivity index (χ2n) is 8.74. The van der Waals surface area contributed by atoms with E-state index in [0.717, 1.165) is 48.1 Å². The maximum absolute atomic E-state index is 15.4. The topological polar surface area (TPSA) is 17.1 Å². The second-order valence-corrected chi connectivity index (χ2v) is 11.1. The molecular weight excluding hydrogens is 372 g/mol. The number of rotatable bonds is 3. The van der Waals surface area contributed by atoms with E-state index in [1.54, 1.807) is 0 Å². The van der Waals surface area contributed by atoms with Gasteiger partial charge < -0.3 is 0 Å². The van der Waals surface area contributed by atoms with Crippen LogP contribution in [0.5, 0.6) is 0 Å². The first kappa shape index (κ1) is 21.5. The molecule has 0 bridgehead atoms. The number of hydrogen-bond donors (Lipinski definition) is 0. The Hall–Kier alpha value is -2.19. The van der Waals surface area contributed by atoms with Crippen LogP contribution in [0, 0.1) is 62.3 Å². The van der Waals surface area contributed by atoms with Gasteiger partial charge in [0.05, 0.1) is 0 Å². The summed E-state index contributed by atoms with van der Waals surface area (Å²) in [5, 5.41) is 0. The molecule has 3 aromatic carbocycles. The van der Waals surface area contributed by atoms with Crippen LogP contribution in [0.1, 0.15) is 50.1 Å². The van der Waals surface area contributed by atoms with E-state index >= 15 is 4.21 Å². The van der Waals surface area contributed by atoms with Gasteiger partial charge in [0, 0.05) is 33.4 Å². The van der Waals surface area contributed by atoms with Crippen molar-refractivity contribution in [3.05, 3.63) is 86.5 Å². The van der Waals surface area contributed by atoms with Gasteiger partial charge >= 0.3 is 0 Å². The van der Waals surface area contributed by atoms with Crippen molar-refractivity contribution in [2.75, 3.05) is 0 Å². The smallest absolute Gasteiger partial charge is 0.0874 e. The predicted molar refractivity (Wildman–Crippen MR) is 125 cm³/mol. The molecule has 0 aliphatic carbocycles. The van der Waals surface area contributed by atoms with Crippen molar-refractivity contribution in [2.45, 2.75) is 77.0 Å². The molecule has 0 spiro atoms. The van der Waals surface area contributed by atoms with E-state index in [-0.39, 0.29) is 0 Å². The molecule has 1 nitrogen and oxygen atoms in total. The summed E-state index contributed by atoms with van der Waals surface area (Å²) < 4.78 is 15.4. The van der Waals surface area contributed by atoms with Gasteiger partial charge in [-0.25, -0.2) is 0 Å². The molecule has 0 aromatic heterocycles. The van der Waals surface area contributed by atoms with Crippen LogP contribution in [0.25, 0.3) is 0 Å². The molecule has 3 aromatic rings. The highest BCUT2D eigenvalue weighted by molar-refractivity contribution is 8.03. The predicted octanol–water partition coefficient (Wildman–Crippen LogP) is 7.44. The monoisotopic (exact) mass is 405 g/mol. The van der Waals surface area contributed by atoms with Crippen LogP contribution in [0.4, 0.5) is 0 Å². The van der Waals surface area contributed by atoms with Crippen molar-refractivity contribution >= 4 is 9.93 Å². The van der Waals surface area contributed by atoms with Crippen molar-refractivity contribution in [1.29, 1.82) is 0 Å². The quantitative estimate of drug-likeness (QED) is 0.414. The minimum atomic E-state index is -2.66. The minimum Gasteiger partial charge on any atom is -0.0874 e. The van der Waals surface area contributed by atoms with Crippen LogP contribution >= 0.6 is 0 Å². The van der Waals surface area contributed by atoms with Crippen LogP contribution in [0.2, 0.25) is 0 Å². The van der Waals surface area contributed by atoms with Gasteiger partial charge in [-0.05, 0) is 62.3 Å². The molecule has 0 aliphatic heterocycles. The second kappa shape index (κ2) is 7.57. The molecule has 0 saturated heterocycles. The zero-order valence-electron chi connectivity index (χ0n) is 19.3. The zero-order chi connectivity index (χ0) is 21.7. The Morgan fingerprint density at radius 2 is 0.586 bits per heavy atom. The number of aryl methyl sites for hydroxylation is 9. The van der Waals surface area contributed by atoms with Crippen LogP contribution in [0.3, 0.4) is 0 Å². The summed E-state index contributed by atoms with van der Waals surface area (Å²) in [5.74, 6) is 0. The van der Waals surface area contributed by atoms with Gasteiger partial charge in [-0.2, -0.15) is 0 Å². The van der Waals surface area contributed by atoms with Gasteiger partial charge in [-0.1, -0.05) is 57.3 Å². The Bertz CT molecular complexity index is 952. The fourth-order valence-corrected chi connectivity index (χ4v) is 8.85. The van der Waals surface area contributed by atoms with Crippen molar-refractivity contribution in [1.82, 2.24) is 0 Å². The van der Waals surface area contributed by atoms with E-state index in [9.17, 15) is 0 Å². The first-order valence-corrected chi connectivity index (χ1v) is 11.8. The Morgan fingerprint density at radius 1 is 0.414 bits per heavy atom. The Balaban J connectivity index is 2.58. The van der Waals surface area contributed by atoms with Gasteiger partial charge in [0.2, 0.25) is 0 Å². The van der Waals surface area contributed by atoms with Crippen LogP contribution < -0.4 is 0 Å². The third-order valence-electron chi connectivity index (χ3n) is 5.68. The molecule has 0 amide bonds. The largest absolute Gasteiger partial charge is 0.183 e. The molecule has 0 aliphatic rings. The molecular formula is C27H33OS+. The highest BCUT2D eigenvalue weighted by atomic mass is 32.2. The van der Waals surface area contributed by atoms with Gasteiger partial charge in [-0.15, -0.1) is 0 Å². The fourth-order valence-electron chi connectivity index (χ4n) is 5.17. The summed E-state index contributed by atoms with van der Waals surface area (Å²) in [6.07, 6.45) is 0.